The highest BCUT2D eigenvalue weighted by molar-refractivity contribution is 5.99. The van der Waals surface area contributed by atoms with E-state index in [0.29, 0.717) is 42.5 Å². The van der Waals surface area contributed by atoms with E-state index in [0.717, 1.165) is 44.9 Å². The summed E-state index contributed by atoms with van der Waals surface area (Å²) in [6, 6.07) is 5.29. The molecule has 3 atom stereocenters. The molecular weight excluding hydrogens is 448 g/mol. The molecule has 1 aromatic carbocycles. The van der Waals surface area contributed by atoms with Crippen molar-refractivity contribution in [2.24, 2.45) is 0 Å². The molecule has 2 aliphatic carbocycles. The predicted molar refractivity (Wildman–Crippen MR) is 131 cm³/mol. The van der Waals surface area contributed by atoms with Gasteiger partial charge in [0.1, 0.15) is 18.5 Å². The molecule has 190 valence electrons. The molecule has 0 aromatic heterocycles. The van der Waals surface area contributed by atoms with Gasteiger partial charge < -0.3 is 30.3 Å². The Morgan fingerprint density at radius 3 is 2.49 bits per heavy atom. The fourth-order valence-electron chi connectivity index (χ4n) is 5.57. The van der Waals surface area contributed by atoms with Crippen LogP contribution < -0.4 is 20.7 Å². The van der Waals surface area contributed by atoms with Gasteiger partial charge in [-0.2, -0.15) is 0 Å². The van der Waals surface area contributed by atoms with Crippen LogP contribution in [0, 0.1) is 0 Å². The number of fused-ring (bicyclic) bond motifs is 2. The van der Waals surface area contributed by atoms with Gasteiger partial charge in [-0.05, 0) is 63.1 Å². The Morgan fingerprint density at radius 2 is 1.74 bits per heavy atom. The third-order valence-corrected chi connectivity index (χ3v) is 7.84. The molecule has 3 N–H and O–H groups in total. The van der Waals surface area contributed by atoms with Crippen molar-refractivity contribution >= 4 is 23.5 Å². The monoisotopic (exact) mass is 484 g/mol. The molecule has 2 heterocycles. The van der Waals surface area contributed by atoms with E-state index in [1.54, 1.807) is 30.1 Å². The number of nitrogens with zero attached hydrogens (tertiary/aromatic N) is 1. The maximum Gasteiger partial charge on any atom is 0.319 e. The van der Waals surface area contributed by atoms with Crippen LogP contribution in [0.1, 0.15) is 74.6 Å². The minimum atomic E-state index is -0.303. The van der Waals surface area contributed by atoms with E-state index >= 15 is 0 Å². The predicted octanol–water partition coefficient (Wildman–Crippen LogP) is 3.19. The Kier molecular flexibility index (Phi) is 7.13. The lowest BCUT2D eigenvalue weighted by molar-refractivity contribution is -0.135. The summed E-state index contributed by atoms with van der Waals surface area (Å²) in [5.41, 5.74) is 0.978. The van der Waals surface area contributed by atoms with E-state index in [9.17, 15) is 14.4 Å². The van der Waals surface area contributed by atoms with Crippen LogP contribution in [-0.4, -0.2) is 66.7 Å². The van der Waals surface area contributed by atoms with Crippen LogP contribution in [0.3, 0.4) is 0 Å². The van der Waals surface area contributed by atoms with Crippen molar-refractivity contribution in [3.05, 3.63) is 23.8 Å². The van der Waals surface area contributed by atoms with Crippen LogP contribution in [0.5, 0.6) is 5.75 Å². The zero-order valence-corrected chi connectivity index (χ0v) is 20.4. The molecule has 5 rings (SSSR count). The van der Waals surface area contributed by atoms with Crippen molar-refractivity contribution in [1.29, 1.82) is 0 Å². The number of likely N-dealkylation sites (N-methyl/N-ethyl adjacent to an activating group) is 1. The van der Waals surface area contributed by atoms with E-state index < -0.39 is 0 Å². The van der Waals surface area contributed by atoms with Gasteiger partial charge in [-0.1, -0.05) is 12.8 Å². The average Bonchev–Trinajstić information content (AvgIpc) is 3.32. The van der Waals surface area contributed by atoms with Gasteiger partial charge in [0, 0.05) is 24.8 Å². The summed E-state index contributed by atoms with van der Waals surface area (Å²) in [5, 5.41) is 8.93. The van der Waals surface area contributed by atoms with Crippen LogP contribution in [0.4, 0.5) is 10.5 Å². The number of carbonyl (C=O) groups excluding carboxylic acids is 3. The van der Waals surface area contributed by atoms with E-state index in [2.05, 4.69) is 16.0 Å². The first kappa shape index (κ1) is 23.9. The van der Waals surface area contributed by atoms with Gasteiger partial charge in [-0.15, -0.1) is 0 Å². The highest BCUT2D eigenvalue weighted by atomic mass is 16.5. The van der Waals surface area contributed by atoms with Gasteiger partial charge >= 0.3 is 6.03 Å². The van der Waals surface area contributed by atoms with Crippen LogP contribution in [0.25, 0.3) is 0 Å². The van der Waals surface area contributed by atoms with Crippen molar-refractivity contribution in [3.8, 4) is 5.75 Å². The first-order valence-corrected chi connectivity index (χ1v) is 13.0. The summed E-state index contributed by atoms with van der Waals surface area (Å²) < 4.78 is 12.3. The zero-order chi connectivity index (χ0) is 24.4. The molecule has 9 nitrogen and oxygen atoms in total. The highest BCUT2D eigenvalue weighted by Gasteiger charge is 2.39. The number of benzene rings is 1. The van der Waals surface area contributed by atoms with Crippen molar-refractivity contribution < 1.29 is 23.9 Å². The average molecular weight is 485 g/mol. The molecule has 0 unspecified atom stereocenters. The van der Waals surface area contributed by atoms with Gasteiger partial charge in [-0.25, -0.2) is 4.79 Å². The van der Waals surface area contributed by atoms with Gasteiger partial charge in [-0.3, -0.25) is 9.59 Å². The Morgan fingerprint density at radius 1 is 1.00 bits per heavy atom. The lowest BCUT2D eigenvalue weighted by Gasteiger charge is -2.42. The van der Waals surface area contributed by atoms with Gasteiger partial charge in [0.15, 0.2) is 0 Å². The second kappa shape index (κ2) is 10.4. The van der Waals surface area contributed by atoms with Crippen molar-refractivity contribution in [1.82, 2.24) is 15.5 Å². The number of amides is 4. The van der Waals surface area contributed by atoms with Gasteiger partial charge in [0.25, 0.3) is 5.91 Å². The first-order valence-electron chi connectivity index (χ1n) is 13.0. The quantitative estimate of drug-likeness (QED) is 0.595. The summed E-state index contributed by atoms with van der Waals surface area (Å²) in [7, 11) is 1.79. The fraction of sp³-hybridized carbons (Fsp3) is 0.654. The third-order valence-electron chi connectivity index (χ3n) is 7.84. The molecule has 0 spiro atoms. The molecule has 2 saturated carbocycles. The van der Waals surface area contributed by atoms with Crippen molar-refractivity contribution in [2.75, 3.05) is 19.0 Å². The van der Waals surface area contributed by atoms with Crippen molar-refractivity contribution in [2.45, 2.75) is 94.5 Å². The topological polar surface area (TPSA) is 109 Å². The van der Waals surface area contributed by atoms with E-state index in [1.165, 1.54) is 6.42 Å². The molecule has 3 fully saturated rings. The molecule has 0 radical (unpaired) electrons. The smallest absolute Gasteiger partial charge is 0.319 e. The minimum absolute atomic E-state index is 0.0386. The molecule has 0 bridgehead atoms. The molecule has 4 aliphatic rings. The van der Waals surface area contributed by atoms with Crippen LogP contribution in [-0.2, 0) is 9.53 Å². The summed E-state index contributed by atoms with van der Waals surface area (Å²) in [4.78, 5) is 39.8. The summed E-state index contributed by atoms with van der Waals surface area (Å²) in [6.45, 7) is 0.297. The largest absolute Gasteiger partial charge is 0.490 e. The maximum absolute atomic E-state index is 13.4. The number of rotatable bonds is 5. The number of hydrogen-bond acceptors (Lipinski definition) is 5. The summed E-state index contributed by atoms with van der Waals surface area (Å²) >= 11 is 0. The standard InChI is InChI=1S/C26H36N4O5/c1-30-21-11-10-19(14-24(31)27-16-7-4-8-16)35-23(21)15-34-22-12-9-18(13-20(22)25(30)32)29-26(33)28-17-5-2-3-6-17/h9,12-13,16-17,19,21,23H,2-8,10-11,14-15H2,1H3,(H,27,31)(H2,28,29,33)/t19-,21-,23-/m0/s1. The van der Waals surface area contributed by atoms with Crippen molar-refractivity contribution in [3.63, 3.8) is 0 Å². The molecule has 2 aliphatic heterocycles. The molecule has 1 saturated heterocycles. The molecule has 1 aromatic rings. The van der Waals surface area contributed by atoms with Crippen LogP contribution in [0.2, 0.25) is 0 Å². The second-order valence-electron chi connectivity index (χ2n) is 10.4. The molecule has 4 amide bonds. The molecule has 35 heavy (non-hydrogen) atoms. The van der Waals surface area contributed by atoms with E-state index in [-0.39, 0.29) is 42.1 Å². The minimum Gasteiger partial charge on any atom is -0.490 e. The second-order valence-corrected chi connectivity index (χ2v) is 10.4. The number of ether oxygens (including phenoxy) is 2. The Balaban J connectivity index is 1.22. The number of hydrogen-bond donors (Lipinski definition) is 3. The van der Waals surface area contributed by atoms with E-state index in [1.807, 2.05) is 0 Å². The lowest BCUT2D eigenvalue weighted by Crippen LogP contribution is -2.54. The molecular formula is C26H36N4O5. The van der Waals surface area contributed by atoms with Gasteiger partial charge in [0.2, 0.25) is 5.91 Å². The number of carbonyl (C=O) groups is 3. The first-order chi connectivity index (χ1) is 17.0. The van der Waals surface area contributed by atoms with E-state index in [4.69, 9.17) is 9.47 Å². The zero-order valence-electron chi connectivity index (χ0n) is 20.4. The SMILES string of the molecule is CN1C(=O)c2cc(NC(=O)NC3CCCC3)ccc2OC[C@@H]2O[C@H](CC(=O)NC3CCC3)CC[C@@H]21. The Labute approximate surface area is 206 Å². The normalized spacial score (nSPS) is 26.9. The highest BCUT2D eigenvalue weighted by Crippen LogP contribution is 2.32. The summed E-state index contributed by atoms with van der Waals surface area (Å²) in [6.07, 6.45) is 8.91. The van der Waals surface area contributed by atoms with Gasteiger partial charge in [0.05, 0.1) is 24.1 Å². The Hall–Kier alpha value is -2.81. The Bertz CT molecular complexity index is 959. The van der Waals surface area contributed by atoms with Crippen LogP contribution in [0.15, 0.2) is 18.2 Å². The number of anilines is 1. The number of urea groups is 1. The van der Waals surface area contributed by atoms with Crippen LogP contribution >= 0.6 is 0 Å². The maximum atomic E-state index is 13.4. The fourth-order valence-corrected chi connectivity index (χ4v) is 5.57. The number of nitrogens with one attached hydrogen (secondary N) is 3. The summed E-state index contributed by atoms with van der Waals surface area (Å²) in [5.74, 6) is 0.339. The third kappa shape index (κ3) is 5.55. The molecule has 9 heteroatoms. The lowest BCUT2D eigenvalue weighted by atomic mass is 9.92.